The van der Waals surface area contributed by atoms with Gasteiger partial charge in [-0.15, -0.1) is 0 Å². The Labute approximate surface area is 687 Å². The number of esters is 2. The standard InChI is InChI=1S/C80H108N10O28S/c1-9-54-56-41-53(91)15-17-60(56)86-67-57(54)44-90-49(7)58-45-115-79(103)80(10-2,59(58)42-62(67)90)118-77(102)55-16-14-51(40-63(55)116-78-70(96)68(94)69(95)71(117-78)76(100)101)84-73(97)48(6)83-75(99)66(47(4)5)87-65(93)19-23-107-25-27-109-29-31-111-33-35-113-37-38-114-36-34-112-32-30-110-28-26-108-24-21-82-74(98)61(46-119(104,105)106)85-64(92)18-22-89-52(43-88(8)11-3)39-50-13-12-20-81-72(50)89/h12-17,20,39-42,47-48,61,66,68-71,78,91,94-96H,7,9-11,18-19,21-38,43-46H2,1-6,8H3,(H,82,98)(H,83,99)(H,84,97)(H,85,92)(H,87,93)(H,100,101)(H,104,105,106)/t48-,61-,66-,68-,69-,70+,71-,78+,80-/m0/s1. The molecular formula is C80H108N10O28S. The fraction of sp³-hybridized carbons (Fsp3) is 0.550. The van der Waals surface area contributed by atoms with Gasteiger partial charge in [0.1, 0.15) is 71.5 Å². The number of aryl methyl sites for hydroxylation is 2. The molecule has 0 aliphatic carbocycles. The van der Waals surface area contributed by atoms with Crippen molar-refractivity contribution < 1.29 is 134 Å². The van der Waals surface area contributed by atoms with E-state index >= 15 is 0 Å². The predicted molar refractivity (Wildman–Crippen MR) is 425 cm³/mol. The van der Waals surface area contributed by atoms with Gasteiger partial charge in [-0.3, -0.25) is 28.5 Å². The minimum atomic E-state index is -4.63. The van der Waals surface area contributed by atoms with Crippen LogP contribution in [0.2, 0.25) is 0 Å². The number of pyridine rings is 2. The number of aliphatic hydroxyl groups excluding tert-OH is 3. The van der Waals surface area contributed by atoms with Crippen molar-refractivity contribution in [2.45, 2.75) is 141 Å². The number of carboxylic acids is 1. The summed E-state index contributed by atoms with van der Waals surface area (Å²) in [5.74, 6) is -9.25. The van der Waals surface area contributed by atoms with Crippen LogP contribution in [0.15, 0.2) is 90.3 Å². The van der Waals surface area contributed by atoms with Gasteiger partial charge in [0.2, 0.25) is 41.4 Å². The molecule has 1 fully saturated rings. The van der Waals surface area contributed by atoms with Gasteiger partial charge in [0, 0.05) is 89.3 Å². The third kappa shape index (κ3) is 25.2. The average Bonchev–Trinajstić information content (AvgIpc) is 1.61. The normalized spacial score (nSPS) is 19.2. The number of cyclic esters (lactones) is 1. The molecule has 9 rings (SSSR count). The lowest BCUT2D eigenvalue weighted by Gasteiger charge is -2.41. The van der Waals surface area contributed by atoms with E-state index in [-0.39, 0.29) is 109 Å². The van der Waals surface area contributed by atoms with E-state index < -0.39 is 135 Å². The Bertz CT molecular complexity index is 4580. The van der Waals surface area contributed by atoms with Gasteiger partial charge in [-0.05, 0) is 99.4 Å². The molecule has 0 radical (unpaired) electrons. The molecule has 5 aromatic rings. The maximum absolute atomic E-state index is 14.8. The molecule has 119 heavy (non-hydrogen) atoms. The van der Waals surface area contributed by atoms with E-state index in [9.17, 15) is 76.9 Å². The summed E-state index contributed by atoms with van der Waals surface area (Å²) in [4.78, 5) is 121. The number of aromatic hydroxyl groups is 1. The number of carbonyl (C=O) groups is 8. The minimum Gasteiger partial charge on any atom is -0.508 e. The molecule has 3 aromatic heterocycles. The topological polar surface area (TPSA) is 500 Å². The molecule has 0 unspecified atom stereocenters. The molecule has 0 saturated carbocycles. The number of benzene rings is 2. The number of carboxylic acid groups (broad SMARTS) is 1. The lowest BCUT2D eigenvalue weighted by atomic mass is 9.81. The van der Waals surface area contributed by atoms with E-state index in [0.717, 1.165) is 46.3 Å². The Morgan fingerprint density at radius 2 is 1.37 bits per heavy atom. The van der Waals surface area contributed by atoms with E-state index in [2.05, 4.69) is 43.0 Å². The van der Waals surface area contributed by atoms with Crippen molar-refractivity contribution in [2.24, 2.45) is 5.92 Å². The monoisotopic (exact) mass is 1690 g/mol. The molecule has 0 spiro atoms. The van der Waals surface area contributed by atoms with Crippen molar-refractivity contribution in [3.63, 3.8) is 0 Å². The number of fused-ring (bicyclic) bond motifs is 5. The first kappa shape index (κ1) is 93.2. The lowest BCUT2D eigenvalue weighted by Crippen LogP contribution is -2.61. The second-order valence-corrected chi connectivity index (χ2v) is 30.2. The summed E-state index contributed by atoms with van der Waals surface area (Å²) in [6.07, 6.45) is -7.02. The van der Waals surface area contributed by atoms with Crippen molar-refractivity contribution in [2.75, 3.05) is 144 Å². The number of nitrogens with zero attached hydrogens (tertiary/aromatic N) is 5. The number of rotatable bonds is 50. The van der Waals surface area contributed by atoms with Gasteiger partial charge in [-0.2, -0.15) is 8.42 Å². The van der Waals surface area contributed by atoms with Crippen molar-refractivity contribution in [1.82, 2.24) is 45.6 Å². The number of phenols is 1. The molecular weight excluding hydrogens is 1580 g/mol. The molecule has 2 aromatic carbocycles. The molecule has 5 amide bonds. The zero-order chi connectivity index (χ0) is 86.1. The first-order valence-electron chi connectivity index (χ1n) is 39.3. The van der Waals surface area contributed by atoms with Crippen LogP contribution in [0.25, 0.3) is 27.6 Å². The van der Waals surface area contributed by atoms with Crippen molar-refractivity contribution >= 4 is 90.9 Å². The maximum atomic E-state index is 14.8. The van der Waals surface area contributed by atoms with E-state index in [1.807, 2.05) is 48.6 Å². The van der Waals surface area contributed by atoms with Crippen LogP contribution in [0.1, 0.15) is 93.7 Å². The quantitative estimate of drug-likeness (QED) is 0.0150. The summed E-state index contributed by atoms with van der Waals surface area (Å²) in [6.45, 7) is 20.5. The molecule has 11 N–H and O–H groups in total. The molecule has 1 saturated heterocycles. The number of phenolic OH excluding ortho intramolecular Hbond substituents is 1. The fourth-order valence-corrected chi connectivity index (χ4v) is 14.2. The van der Waals surface area contributed by atoms with Crippen LogP contribution >= 0.6 is 0 Å². The van der Waals surface area contributed by atoms with Crippen molar-refractivity contribution in [3.05, 3.63) is 118 Å². The van der Waals surface area contributed by atoms with Crippen LogP contribution in [0, 0.1) is 5.92 Å². The molecule has 39 heteroatoms. The number of aliphatic carboxylic acids is 1. The van der Waals surface area contributed by atoms with Gasteiger partial charge in [0.05, 0.1) is 129 Å². The number of ether oxygens (including phenoxy) is 12. The Morgan fingerprint density at radius 1 is 0.748 bits per heavy atom. The number of anilines is 1. The smallest absolute Gasteiger partial charge is 0.355 e. The molecule has 7 heterocycles. The predicted octanol–water partition coefficient (Wildman–Crippen LogP) is 1.80. The van der Waals surface area contributed by atoms with Crippen LogP contribution in [-0.4, -0.2) is 303 Å². The van der Waals surface area contributed by atoms with Crippen LogP contribution in [0.4, 0.5) is 5.69 Å². The number of nitrogens with one attached hydrogen (secondary N) is 5. The number of aromatic nitrogens is 3. The molecule has 0 bridgehead atoms. The largest absolute Gasteiger partial charge is 0.508 e. The molecule has 38 nitrogen and oxygen atoms in total. The highest BCUT2D eigenvalue weighted by Gasteiger charge is 2.54. The Morgan fingerprint density at radius 3 is 1.97 bits per heavy atom. The second-order valence-electron chi connectivity index (χ2n) is 28.7. The number of carbonyl (C=O) groups excluding carboxylic acids is 7. The summed E-state index contributed by atoms with van der Waals surface area (Å²) in [7, 11) is -2.66. The summed E-state index contributed by atoms with van der Waals surface area (Å²) in [5.41, 5.74) is 3.63. The molecule has 4 aliphatic heterocycles. The van der Waals surface area contributed by atoms with E-state index in [0.29, 0.717) is 106 Å². The van der Waals surface area contributed by atoms with Gasteiger partial charge in [0.15, 0.2) is 6.10 Å². The Hall–Kier alpha value is -9.69. The van der Waals surface area contributed by atoms with E-state index in [1.165, 1.54) is 19.1 Å². The summed E-state index contributed by atoms with van der Waals surface area (Å²) < 4.78 is 103. The SMILES string of the molecule is C=C1C2=C(C=C3c4nc5ccc(O)cc5c(CC)c4CN13)[C@](CC)(OC(=O)c1ccc(NC(=O)[C@H](C)NC(=O)[C@@H](NC(=O)CCOCCOCCOCCOCCOCCOCCOCCOCCNC(=O)[C@H](CS(=O)(=O)O)NC(=O)CCn3c(CN(C)CC)cc4cccnc43)C(C)C)cc1O[C@@H]1O[C@H](C(=O)O)[C@@H](O)[C@H](O)[C@H]1O)C(=O)OC2. The molecule has 9 atom stereocenters. The van der Waals surface area contributed by atoms with Gasteiger partial charge in [0.25, 0.3) is 10.1 Å². The van der Waals surface area contributed by atoms with Crippen LogP contribution in [0.5, 0.6) is 11.5 Å². The first-order chi connectivity index (χ1) is 57.0. The summed E-state index contributed by atoms with van der Waals surface area (Å²) >= 11 is 0. The van der Waals surface area contributed by atoms with Crippen molar-refractivity contribution in [1.29, 1.82) is 0 Å². The van der Waals surface area contributed by atoms with Crippen molar-refractivity contribution in [3.8, 4) is 11.5 Å². The highest BCUT2D eigenvalue weighted by Crippen LogP contribution is 2.49. The fourth-order valence-electron chi connectivity index (χ4n) is 13.5. The third-order valence-electron chi connectivity index (χ3n) is 20.0. The van der Waals surface area contributed by atoms with Gasteiger partial charge >= 0.3 is 17.9 Å². The second kappa shape index (κ2) is 44.6. The zero-order valence-corrected chi connectivity index (χ0v) is 68.5. The average molecular weight is 1690 g/mol. The zero-order valence-electron chi connectivity index (χ0n) is 67.7. The van der Waals surface area contributed by atoms with E-state index in [4.69, 9.17) is 61.8 Å². The Balaban J connectivity index is 0.616. The van der Waals surface area contributed by atoms with Crippen LogP contribution < -0.4 is 31.3 Å². The van der Waals surface area contributed by atoms with Gasteiger partial charge in [-0.1, -0.05) is 41.2 Å². The third-order valence-corrected chi connectivity index (χ3v) is 20.8. The highest BCUT2D eigenvalue weighted by molar-refractivity contribution is 7.85. The summed E-state index contributed by atoms with van der Waals surface area (Å²) in [6, 6.07) is 10.2. The molecule has 4 aliphatic rings. The van der Waals surface area contributed by atoms with Gasteiger partial charge < -0.3 is 123 Å². The number of amides is 5. The Kier molecular flexibility index (Phi) is 34.9. The van der Waals surface area contributed by atoms with Crippen LogP contribution in [-0.2, 0) is 122 Å². The molecule has 652 valence electrons. The van der Waals surface area contributed by atoms with Gasteiger partial charge in [-0.25, -0.2) is 24.4 Å². The summed E-state index contributed by atoms with van der Waals surface area (Å²) in [5, 5.41) is 67.0. The number of hydrogen-bond acceptors (Lipinski definition) is 30. The number of aliphatic hydroxyl groups is 3. The number of hydrogen-bond donors (Lipinski definition) is 11. The highest BCUT2D eigenvalue weighted by atomic mass is 32.2. The van der Waals surface area contributed by atoms with Crippen LogP contribution in [0.3, 0.4) is 0 Å². The maximum Gasteiger partial charge on any atom is 0.355 e. The lowest BCUT2D eigenvalue weighted by molar-refractivity contribution is -0.271. The first-order valence-corrected chi connectivity index (χ1v) is 41.0. The van der Waals surface area contributed by atoms with E-state index in [1.54, 1.807) is 45.2 Å². The minimum absolute atomic E-state index is 0.00201.